The smallest absolute Gasteiger partial charge is 0.416 e. The number of rotatable bonds is 5. The lowest BCUT2D eigenvalue weighted by Crippen LogP contribution is -2.43. The van der Waals surface area contributed by atoms with Crippen molar-refractivity contribution in [3.63, 3.8) is 0 Å². The second-order valence-electron chi connectivity index (χ2n) is 7.48. The first-order valence-corrected chi connectivity index (χ1v) is 9.83. The lowest BCUT2D eigenvalue weighted by Gasteiger charge is -2.36. The summed E-state index contributed by atoms with van der Waals surface area (Å²) in [5.74, 6) is 0.686. The predicted molar refractivity (Wildman–Crippen MR) is 107 cm³/mol. The van der Waals surface area contributed by atoms with Crippen LogP contribution in [0.15, 0.2) is 35.6 Å². The molecule has 1 N–H and O–H groups in total. The largest absolute Gasteiger partial charge is 0.465 e. The molecule has 1 fully saturated rings. The Morgan fingerprint density at radius 2 is 2.19 bits per heavy atom. The standard InChI is InChI=1S/C21H23F3N4O3/c1-13-10-15(7-9-28(13)20(29)30)19-16(12-25-14(2)27-19)6-8-26-31-18-5-3-4-17(11-18)21(22,23)24/h3-5,8,11-13,15H,6-7,9-10H2,1-2H3,(H,29,30). The van der Waals surface area contributed by atoms with Gasteiger partial charge in [0.25, 0.3) is 0 Å². The summed E-state index contributed by atoms with van der Waals surface area (Å²) in [7, 11) is 0. The van der Waals surface area contributed by atoms with E-state index in [1.54, 1.807) is 13.1 Å². The van der Waals surface area contributed by atoms with Gasteiger partial charge < -0.3 is 14.8 Å². The van der Waals surface area contributed by atoms with E-state index >= 15 is 0 Å². The Bertz CT molecular complexity index is 965. The molecule has 31 heavy (non-hydrogen) atoms. The van der Waals surface area contributed by atoms with E-state index in [-0.39, 0.29) is 17.7 Å². The molecule has 3 rings (SSSR count). The molecule has 1 aliphatic rings. The van der Waals surface area contributed by atoms with Crippen molar-refractivity contribution >= 4 is 12.3 Å². The Morgan fingerprint density at radius 3 is 2.87 bits per heavy atom. The highest BCUT2D eigenvalue weighted by Crippen LogP contribution is 2.33. The van der Waals surface area contributed by atoms with Gasteiger partial charge in [0, 0.05) is 37.3 Å². The molecule has 1 aromatic carbocycles. The maximum atomic E-state index is 12.8. The number of amides is 1. The number of oxime groups is 1. The maximum absolute atomic E-state index is 12.8. The molecule has 2 unspecified atom stereocenters. The van der Waals surface area contributed by atoms with Gasteiger partial charge in [-0.25, -0.2) is 14.8 Å². The number of carboxylic acid groups (broad SMARTS) is 1. The van der Waals surface area contributed by atoms with Gasteiger partial charge in [-0.3, -0.25) is 0 Å². The van der Waals surface area contributed by atoms with Crippen LogP contribution in [0.25, 0.3) is 0 Å². The summed E-state index contributed by atoms with van der Waals surface area (Å²) in [5, 5.41) is 13.1. The quantitative estimate of drug-likeness (QED) is 0.544. The van der Waals surface area contributed by atoms with Crippen LogP contribution in [0.1, 0.15) is 48.3 Å². The van der Waals surface area contributed by atoms with Gasteiger partial charge in [-0.05, 0) is 50.5 Å². The first kappa shape index (κ1) is 22.5. The van der Waals surface area contributed by atoms with Crippen molar-refractivity contribution in [2.45, 2.75) is 51.2 Å². The van der Waals surface area contributed by atoms with Crippen LogP contribution in [0.3, 0.4) is 0 Å². The second-order valence-corrected chi connectivity index (χ2v) is 7.48. The van der Waals surface area contributed by atoms with Crippen LogP contribution >= 0.6 is 0 Å². The Kier molecular flexibility index (Phi) is 6.77. The van der Waals surface area contributed by atoms with Gasteiger partial charge in [-0.2, -0.15) is 13.2 Å². The van der Waals surface area contributed by atoms with Crippen LogP contribution in [0.5, 0.6) is 5.75 Å². The zero-order valence-corrected chi connectivity index (χ0v) is 17.1. The average Bonchev–Trinajstić information content (AvgIpc) is 2.71. The Labute approximate surface area is 177 Å². The Balaban J connectivity index is 1.68. The van der Waals surface area contributed by atoms with Crippen molar-refractivity contribution < 1.29 is 27.9 Å². The molecule has 1 amide bonds. The monoisotopic (exact) mass is 436 g/mol. The lowest BCUT2D eigenvalue weighted by molar-refractivity contribution is -0.137. The van der Waals surface area contributed by atoms with Crippen molar-refractivity contribution in [2.24, 2.45) is 5.16 Å². The zero-order chi connectivity index (χ0) is 22.6. The van der Waals surface area contributed by atoms with E-state index in [1.165, 1.54) is 23.2 Å². The molecular weight excluding hydrogens is 413 g/mol. The fraction of sp³-hybridized carbons (Fsp3) is 0.429. The third-order valence-electron chi connectivity index (χ3n) is 5.23. The van der Waals surface area contributed by atoms with Crippen LogP contribution < -0.4 is 4.84 Å². The van der Waals surface area contributed by atoms with Crippen LogP contribution in [0.4, 0.5) is 18.0 Å². The summed E-state index contributed by atoms with van der Waals surface area (Å²) in [4.78, 5) is 26.6. The minimum atomic E-state index is -4.45. The summed E-state index contributed by atoms with van der Waals surface area (Å²) < 4.78 is 38.4. The third-order valence-corrected chi connectivity index (χ3v) is 5.23. The minimum Gasteiger partial charge on any atom is -0.465 e. The normalized spacial score (nSPS) is 19.6. The number of likely N-dealkylation sites (tertiary alicyclic amines) is 1. The van der Waals surface area contributed by atoms with Crippen molar-refractivity contribution in [3.05, 3.63) is 53.1 Å². The molecular formula is C21H23F3N4O3. The average molecular weight is 436 g/mol. The number of aryl methyl sites for hydroxylation is 1. The molecule has 1 aliphatic heterocycles. The number of nitrogens with zero attached hydrogens (tertiary/aromatic N) is 4. The van der Waals surface area contributed by atoms with Crippen LogP contribution in [-0.2, 0) is 12.6 Å². The van der Waals surface area contributed by atoms with E-state index in [1.807, 2.05) is 6.92 Å². The Morgan fingerprint density at radius 1 is 1.42 bits per heavy atom. The SMILES string of the molecule is Cc1ncc(CC=NOc2cccc(C(F)(F)F)c2)c(C2CCN(C(=O)O)C(C)C2)n1. The number of alkyl halides is 3. The molecule has 166 valence electrons. The summed E-state index contributed by atoms with van der Waals surface area (Å²) in [5.41, 5.74) is 0.856. The van der Waals surface area contributed by atoms with E-state index in [4.69, 9.17) is 4.84 Å². The van der Waals surface area contributed by atoms with E-state index in [9.17, 15) is 23.1 Å². The third kappa shape index (κ3) is 5.71. The first-order valence-electron chi connectivity index (χ1n) is 9.83. The molecule has 0 aliphatic carbocycles. The van der Waals surface area contributed by atoms with Crippen molar-refractivity contribution in [1.82, 2.24) is 14.9 Å². The molecule has 1 aromatic heterocycles. The maximum Gasteiger partial charge on any atom is 0.416 e. The van der Waals surface area contributed by atoms with Gasteiger partial charge in [0.1, 0.15) is 5.82 Å². The molecule has 2 atom stereocenters. The second kappa shape index (κ2) is 9.32. The number of piperidine rings is 1. The summed E-state index contributed by atoms with van der Waals surface area (Å²) >= 11 is 0. The van der Waals surface area contributed by atoms with Gasteiger partial charge in [0.05, 0.1) is 11.3 Å². The minimum absolute atomic E-state index is 0.0127. The molecule has 2 aromatic rings. The highest BCUT2D eigenvalue weighted by molar-refractivity contribution is 5.65. The fourth-order valence-electron chi connectivity index (χ4n) is 3.69. The summed E-state index contributed by atoms with van der Waals surface area (Å²) in [6.45, 7) is 4.09. The van der Waals surface area contributed by atoms with Crippen LogP contribution in [-0.4, -0.2) is 44.9 Å². The van der Waals surface area contributed by atoms with E-state index < -0.39 is 17.8 Å². The predicted octanol–water partition coefficient (Wildman–Crippen LogP) is 4.66. The lowest BCUT2D eigenvalue weighted by atomic mass is 9.86. The van der Waals surface area contributed by atoms with E-state index in [2.05, 4.69) is 15.1 Å². The molecule has 2 heterocycles. The van der Waals surface area contributed by atoms with Crippen LogP contribution in [0, 0.1) is 6.92 Å². The van der Waals surface area contributed by atoms with Crippen molar-refractivity contribution in [3.8, 4) is 5.75 Å². The van der Waals surface area contributed by atoms with Crippen molar-refractivity contribution in [1.29, 1.82) is 0 Å². The van der Waals surface area contributed by atoms with Gasteiger partial charge in [-0.15, -0.1) is 0 Å². The van der Waals surface area contributed by atoms with Gasteiger partial charge in [0.15, 0.2) is 5.75 Å². The van der Waals surface area contributed by atoms with E-state index in [0.29, 0.717) is 31.6 Å². The highest BCUT2D eigenvalue weighted by Gasteiger charge is 2.32. The highest BCUT2D eigenvalue weighted by atomic mass is 19.4. The van der Waals surface area contributed by atoms with Crippen molar-refractivity contribution in [2.75, 3.05) is 6.54 Å². The number of benzene rings is 1. The van der Waals surface area contributed by atoms with Gasteiger partial charge in [-0.1, -0.05) is 11.2 Å². The topological polar surface area (TPSA) is 87.9 Å². The van der Waals surface area contributed by atoms with Crippen LogP contribution in [0.2, 0.25) is 0 Å². The number of aromatic nitrogens is 2. The zero-order valence-electron chi connectivity index (χ0n) is 17.1. The molecule has 10 heteroatoms. The number of hydrogen-bond acceptors (Lipinski definition) is 5. The molecule has 0 saturated carbocycles. The number of hydrogen-bond donors (Lipinski definition) is 1. The molecule has 7 nitrogen and oxygen atoms in total. The molecule has 0 bridgehead atoms. The molecule has 0 radical (unpaired) electrons. The number of halogens is 3. The van der Waals surface area contributed by atoms with Gasteiger partial charge >= 0.3 is 12.3 Å². The summed E-state index contributed by atoms with van der Waals surface area (Å²) in [6, 6.07) is 4.37. The van der Waals surface area contributed by atoms with Gasteiger partial charge in [0.2, 0.25) is 0 Å². The molecule has 0 spiro atoms. The fourth-order valence-corrected chi connectivity index (χ4v) is 3.69. The Hall–Kier alpha value is -3.17. The summed E-state index contributed by atoms with van der Waals surface area (Å²) in [6.07, 6.45) is -0.599. The first-order chi connectivity index (χ1) is 14.6. The number of carbonyl (C=O) groups is 1. The molecule has 1 saturated heterocycles. The van der Waals surface area contributed by atoms with E-state index in [0.717, 1.165) is 23.4 Å².